The molecule has 0 aliphatic carbocycles. The number of hydrogen-bond donors (Lipinski definition) is 0. The molecule has 1 aromatic carbocycles. The highest BCUT2D eigenvalue weighted by Gasteiger charge is 2.05. The summed E-state index contributed by atoms with van der Waals surface area (Å²) in [4.78, 5) is 3.98. The second kappa shape index (κ2) is 6.04. The fourth-order valence-electron chi connectivity index (χ4n) is 1.57. The molecule has 0 fully saturated rings. The highest BCUT2D eigenvalue weighted by Crippen LogP contribution is 2.21. The Balaban J connectivity index is 2.14. The van der Waals surface area contributed by atoms with Gasteiger partial charge in [0.1, 0.15) is 24.1 Å². The van der Waals surface area contributed by atoms with Crippen LogP contribution in [0.3, 0.4) is 0 Å². The summed E-state index contributed by atoms with van der Waals surface area (Å²) in [5.74, 6) is 1.13. The largest absolute Gasteiger partial charge is 0.488 e. The third-order valence-corrected chi connectivity index (χ3v) is 2.78. The summed E-state index contributed by atoms with van der Waals surface area (Å²) in [6.45, 7) is 0.310. The van der Waals surface area contributed by atoms with E-state index in [1.165, 1.54) is 0 Å². The van der Waals surface area contributed by atoms with Crippen molar-refractivity contribution in [1.29, 1.82) is 5.26 Å². The molecule has 90 valence electrons. The van der Waals surface area contributed by atoms with Crippen LogP contribution in [0, 0.1) is 11.3 Å². The summed E-state index contributed by atoms with van der Waals surface area (Å²) >= 11 is 5.83. The molecule has 0 radical (unpaired) electrons. The van der Waals surface area contributed by atoms with Gasteiger partial charge in [0, 0.05) is 17.3 Å². The molecule has 0 spiro atoms. The number of nitriles is 1. The van der Waals surface area contributed by atoms with E-state index in [9.17, 15) is 0 Å². The van der Waals surface area contributed by atoms with Gasteiger partial charge >= 0.3 is 0 Å². The maximum Gasteiger partial charge on any atom is 0.147 e. The van der Waals surface area contributed by atoms with E-state index in [0.717, 1.165) is 16.9 Å². The number of nitrogens with zero attached hydrogens (tertiary/aromatic N) is 2. The van der Waals surface area contributed by atoms with E-state index in [4.69, 9.17) is 21.6 Å². The Kier molecular flexibility index (Phi) is 4.16. The Morgan fingerprint density at radius 3 is 2.72 bits per heavy atom. The van der Waals surface area contributed by atoms with Crippen LogP contribution in [0.1, 0.15) is 16.8 Å². The smallest absolute Gasteiger partial charge is 0.147 e. The van der Waals surface area contributed by atoms with E-state index in [1.807, 2.05) is 36.4 Å². The van der Waals surface area contributed by atoms with Gasteiger partial charge in [0.2, 0.25) is 0 Å². The molecule has 0 N–H and O–H groups in total. The van der Waals surface area contributed by atoms with Crippen molar-refractivity contribution in [3.63, 3.8) is 0 Å². The molecular formula is C14H11ClN2O. The highest BCUT2D eigenvalue weighted by atomic mass is 35.5. The molecule has 0 saturated carbocycles. The average molecular weight is 259 g/mol. The fraction of sp³-hybridized carbons (Fsp3) is 0.143. The van der Waals surface area contributed by atoms with Crippen molar-refractivity contribution in [2.24, 2.45) is 0 Å². The van der Waals surface area contributed by atoms with Crippen molar-refractivity contribution in [1.82, 2.24) is 4.98 Å². The molecule has 0 aliphatic rings. The molecule has 0 atom stereocenters. The van der Waals surface area contributed by atoms with Crippen molar-refractivity contribution in [2.75, 3.05) is 0 Å². The predicted molar refractivity (Wildman–Crippen MR) is 69.3 cm³/mol. The first-order valence-electron chi connectivity index (χ1n) is 5.46. The van der Waals surface area contributed by atoms with Gasteiger partial charge < -0.3 is 4.74 Å². The second-order valence-corrected chi connectivity index (χ2v) is 3.92. The molecule has 0 amide bonds. The van der Waals surface area contributed by atoms with Crippen molar-refractivity contribution in [3.8, 4) is 11.8 Å². The number of pyridine rings is 1. The molecule has 1 aromatic heterocycles. The highest BCUT2D eigenvalue weighted by molar-refractivity contribution is 6.17. The summed E-state index contributed by atoms with van der Waals surface area (Å²) in [7, 11) is 0. The van der Waals surface area contributed by atoms with E-state index in [1.54, 1.807) is 12.3 Å². The van der Waals surface area contributed by atoms with Gasteiger partial charge in [0.25, 0.3) is 0 Å². The summed E-state index contributed by atoms with van der Waals surface area (Å²) in [6.07, 6.45) is 1.59. The predicted octanol–water partition coefficient (Wildman–Crippen LogP) is 3.27. The lowest BCUT2D eigenvalue weighted by Gasteiger charge is -2.10. The average Bonchev–Trinajstić information content (AvgIpc) is 2.45. The molecule has 0 aliphatic heterocycles. The van der Waals surface area contributed by atoms with E-state index in [2.05, 4.69) is 4.98 Å². The molecule has 2 aromatic rings. The Morgan fingerprint density at radius 1 is 1.17 bits per heavy atom. The summed E-state index contributed by atoms with van der Waals surface area (Å²) in [6, 6.07) is 13.2. The first kappa shape index (κ1) is 12.4. The number of ether oxygens (including phenoxy) is 1. The normalized spacial score (nSPS) is 9.78. The zero-order chi connectivity index (χ0) is 12.8. The van der Waals surface area contributed by atoms with Crippen molar-refractivity contribution >= 4 is 11.6 Å². The monoisotopic (exact) mass is 258 g/mol. The van der Waals surface area contributed by atoms with Crippen molar-refractivity contribution in [3.05, 3.63) is 59.4 Å². The third kappa shape index (κ3) is 2.79. The Labute approximate surface area is 111 Å². The minimum atomic E-state index is 0.310. The maximum atomic E-state index is 8.93. The van der Waals surface area contributed by atoms with Gasteiger partial charge in [-0.1, -0.05) is 24.3 Å². The standard InChI is InChI=1S/C14H11ClN2O/c15-8-11-4-1-2-6-14(11)18-10-12-5-3-7-17-13(12)9-16/h1-7H,8,10H2. The van der Waals surface area contributed by atoms with Gasteiger partial charge in [0.15, 0.2) is 0 Å². The first-order valence-corrected chi connectivity index (χ1v) is 5.99. The molecule has 0 bridgehead atoms. The molecule has 4 heteroatoms. The molecular weight excluding hydrogens is 248 g/mol. The van der Waals surface area contributed by atoms with E-state index >= 15 is 0 Å². The van der Waals surface area contributed by atoms with Crippen LogP contribution in [-0.2, 0) is 12.5 Å². The van der Waals surface area contributed by atoms with Gasteiger partial charge in [0.05, 0.1) is 5.88 Å². The molecule has 1 heterocycles. The van der Waals surface area contributed by atoms with Crippen LogP contribution < -0.4 is 4.74 Å². The number of rotatable bonds is 4. The summed E-state index contributed by atoms with van der Waals surface area (Å²) in [5.41, 5.74) is 2.09. The second-order valence-electron chi connectivity index (χ2n) is 3.65. The van der Waals surface area contributed by atoms with Gasteiger partial charge in [-0.05, 0) is 12.1 Å². The number of para-hydroxylation sites is 1. The molecule has 2 rings (SSSR count). The zero-order valence-electron chi connectivity index (χ0n) is 9.64. The molecule has 3 nitrogen and oxygen atoms in total. The van der Waals surface area contributed by atoms with E-state index in [-0.39, 0.29) is 0 Å². The Bertz CT molecular complexity index is 578. The topological polar surface area (TPSA) is 45.9 Å². The minimum absolute atomic E-state index is 0.310. The lowest BCUT2D eigenvalue weighted by molar-refractivity contribution is 0.303. The zero-order valence-corrected chi connectivity index (χ0v) is 10.4. The van der Waals surface area contributed by atoms with Crippen LogP contribution in [0.15, 0.2) is 42.6 Å². The number of benzene rings is 1. The number of halogens is 1. The maximum absolute atomic E-state index is 8.93. The molecule has 18 heavy (non-hydrogen) atoms. The van der Waals surface area contributed by atoms with E-state index in [0.29, 0.717) is 18.2 Å². The van der Waals surface area contributed by atoms with Crippen LogP contribution in [0.4, 0.5) is 0 Å². The van der Waals surface area contributed by atoms with Gasteiger partial charge in [-0.2, -0.15) is 5.26 Å². The Hall–Kier alpha value is -2.05. The van der Waals surface area contributed by atoms with Crippen LogP contribution in [0.5, 0.6) is 5.75 Å². The number of hydrogen-bond acceptors (Lipinski definition) is 3. The van der Waals surface area contributed by atoms with Gasteiger partial charge in [-0.15, -0.1) is 11.6 Å². The SMILES string of the molecule is N#Cc1ncccc1COc1ccccc1CCl. The molecule has 0 saturated heterocycles. The van der Waals surface area contributed by atoms with E-state index < -0.39 is 0 Å². The quantitative estimate of drug-likeness (QED) is 0.791. The van der Waals surface area contributed by atoms with Gasteiger partial charge in [-0.3, -0.25) is 0 Å². The lowest BCUT2D eigenvalue weighted by Crippen LogP contribution is -2.01. The van der Waals surface area contributed by atoms with Crippen molar-refractivity contribution in [2.45, 2.75) is 12.5 Å². The fourth-order valence-corrected chi connectivity index (χ4v) is 1.79. The van der Waals surface area contributed by atoms with Crippen LogP contribution in [0.25, 0.3) is 0 Å². The Morgan fingerprint density at radius 2 is 1.94 bits per heavy atom. The minimum Gasteiger partial charge on any atom is -0.488 e. The summed E-state index contributed by atoms with van der Waals surface area (Å²) < 4.78 is 5.68. The van der Waals surface area contributed by atoms with Gasteiger partial charge in [-0.25, -0.2) is 4.98 Å². The number of alkyl halides is 1. The van der Waals surface area contributed by atoms with Crippen LogP contribution >= 0.6 is 11.6 Å². The van der Waals surface area contributed by atoms with Crippen LogP contribution in [-0.4, -0.2) is 4.98 Å². The summed E-state index contributed by atoms with van der Waals surface area (Å²) in [5, 5.41) is 8.93. The third-order valence-electron chi connectivity index (χ3n) is 2.50. The first-order chi connectivity index (χ1) is 8.85. The lowest BCUT2D eigenvalue weighted by atomic mass is 10.2. The molecule has 0 unspecified atom stereocenters. The van der Waals surface area contributed by atoms with Crippen LogP contribution in [0.2, 0.25) is 0 Å². The van der Waals surface area contributed by atoms with Crippen molar-refractivity contribution < 1.29 is 4.74 Å². The number of aromatic nitrogens is 1.